The van der Waals surface area contributed by atoms with Gasteiger partial charge in [0, 0.05) is 26.2 Å². The van der Waals surface area contributed by atoms with Crippen LogP contribution in [-0.2, 0) is 10.0 Å². The van der Waals surface area contributed by atoms with Crippen molar-refractivity contribution >= 4 is 15.9 Å². The highest BCUT2D eigenvalue weighted by molar-refractivity contribution is 7.89. The summed E-state index contributed by atoms with van der Waals surface area (Å²) in [6.45, 7) is 6.09. The van der Waals surface area contributed by atoms with E-state index in [4.69, 9.17) is 0 Å². The molecule has 0 saturated carbocycles. The molecular weight excluding hydrogens is 276 g/mol. The average Bonchev–Trinajstić information content (AvgIpc) is 2.38. The van der Waals surface area contributed by atoms with Gasteiger partial charge in [-0.3, -0.25) is 4.79 Å². The Morgan fingerprint density at radius 2 is 1.85 bits per heavy atom. The molecule has 0 spiro atoms. The summed E-state index contributed by atoms with van der Waals surface area (Å²) in [6, 6.07) is 3.16. The van der Waals surface area contributed by atoms with Crippen molar-refractivity contribution in [3.05, 3.63) is 28.8 Å². The summed E-state index contributed by atoms with van der Waals surface area (Å²) < 4.78 is 25.7. The summed E-state index contributed by atoms with van der Waals surface area (Å²) in [4.78, 5) is 12.2. The molecule has 0 aromatic heterocycles. The first-order valence-electron chi connectivity index (χ1n) is 6.53. The van der Waals surface area contributed by atoms with Gasteiger partial charge in [0.25, 0.3) is 5.91 Å². The smallest absolute Gasteiger partial charge is 0.251 e. The summed E-state index contributed by atoms with van der Waals surface area (Å²) >= 11 is 0. The van der Waals surface area contributed by atoms with Crippen LogP contribution in [0.25, 0.3) is 0 Å². The Labute approximate surface area is 121 Å². The minimum absolute atomic E-state index is 0.184. The highest BCUT2D eigenvalue weighted by atomic mass is 32.2. The van der Waals surface area contributed by atoms with E-state index in [1.165, 1.54) is 20.2 Å². The zero-order valence-electron chi connectivity index (χ0n) is 12.6. The summed E-state index contributed by atoms with van der Waals surface area (Å²) in [5.74, 6) is -0.245. The number of carbonyl (C=O) groups is 1. The number of carbonyl (C=O) groups excluding carboxylic acids is 1. The minimum Gasteiger partial charge on any atom is -0.352 e. The van der Waals surface area contributed by atoms with Gasteiger partial charge in [0.2, 0.25) is 10.0 Å². The Balaban J connectivity index is 3.34. The third kappa shape index (κ3) is 3.37. The van der Waals surface area contributed by atoms with Gasteiger partial charge in [0.05, 0.1) is 4.90 Å². The second-order valence-electron chi connectivity index (χ2n) is 4.96. The topological polar surface area (TPSA) is 66.5 Å². The molecule has 0 saturated heterocycles. The molecule has 0 radical (unpaired) electrons. The first-order valence-corrected chi connectivity index (χ1v) is 7.97. The SMILES string of the molecule is CCCNC(=O)c1cc(C)c(C)c(S(=O)(=O)N(C)C)c1. The van der Waals surface area contributed by atoms with Gasteiger partial charge in [-0.05, 0) is 43.5 Å². The van der Waals surface area contributed by atoms with Gasteiger partial charge in [-0.2, -0.15) is 0 Å². The molecule has 0 heterocycles. The Kier molecular flexibility index (Phi) is 5.30. The predicted octanol–water partition coefficient (Wildman–Crippen LogP) is 1.69. The molecule has 1 amide bonds. The fourth-order valence-corrected chi connectivity index (χ4v) is 2.98. The molecule has 0 aliphatic heterocycles. The molecule has 112 valence electrons. The van der Waals surface area contributed by atoms with E-state index in [1.54, 1.807) is 19.9 Å². The third-order valence-electron chi connectivity index (χ3n) is 3.18. The van der Waals surface area contributed by atoms with E-state index in [0.717, 1.165) is 16.3 Å². The van der Waals surface area contributed by atoms with Crippen molar-refractivity contribution in [2.45, 2.75) is 32.1 Å². The van der Waals surface area contributed by atoms with E-state index in [-0.39, 0.29) is 10.8 Å². The van der Waals surface area contributed by atoms with Gasteiger partial charge in [-0.1, -0.05) is 6.92 Å². The number of nitrogens with one attached hydrogen (secondary N) is 1. The maximum atomic E-state index is 12.3. The second-order valence-corrected chi connectivity index (χ2v) is 7.08. The second kappa shape index (κ2) is 6.37. The maximum absolute atomic E-state index is 12.3. The number of amides is 1. The number of nitrogens with zero attached hydrogens (tertiary/aromatic N) is 1. The van der Waals surface area contributed by atoms with Crippen molar-refractivity contribution < 1.29 is 13.2 Å². The molecule has 0 aliphatic carbocycles. The normalized spacial score (nSPS) is 11.7. The van der Waals surface area contributed by atoms with Crippen LogP contribution in [0.1, 0.15) is 34.8 Å². The van der Waals surface area contributed by atoms with Crippen molar-refractivity contribution in [3.8, 4) is 0 Å². The lowest BCUT2D eigenvalue weighted by atomic mass is 10.1. The van der Waals surface area contributed by atoms with E-state index in [2.05, 4.69) is 5.32 Å². The van der Waals surface area contributed by atoms with Crippen LogP contribution < -0.4 is 5.32 Å². The van der Waals surface area contributed by atoms with Crippen molar-refractivity contribution in [2.75, 3.05) is 20.6 Å². The molecule has 0 aliphatic rings. The van der Waals surface area contributed by atoms with Crippen LogP contribution in [0.4, 0.5) is 0 Å². The molecule has 0 fully saturated rings. The minimum atomic E-state index is -3.55. The number of hydrogen-bond acceptors (Lipinski definition) is 3. The number of hydrogen-bond donors (Lipinski definition) is 1. The lowest BCUT2D eigenvalue weighted by Gasteiger charge is -2.16. The van der Waals surface area contributed by atoms with Gasteiger partial charge in [-0.15, -0.1) is 0 Å². The summed E-state index contributed by atoms with van der Waals surface area (Å²) in [6.07, 6.45) is 0.833. The fraction of sp³-hybridized carbons (Fsp3) is 0.500. The number of sulfonamides is 1. The number of benzene rings is 1. The first kappa shape index (κ1) is 16.7. The molecule has 6 heteroatoms. The Morgan fingerprint density at radius 3 is 2.35 bits per heavy atom. The van der Waals surface area contributed by atoms with Crippen LogP contribution in [0.3, 0.4) is 0 Å². The fourth-order valence-electron chi connectivity index (χ4n) is 1.76. The zero-order valence-corrected chi connectivity index (χ0v) is 13.5. The molecule has 5 nitrogen and oxygen atoms in total. The maximum Gasteiger partial charge on any atom is 0.251 e. The highest BCUT2D eigenvalue weighted by Gasteiger charge is 2.22. The van der Waals surface area contributed by atoms with Gasteiger partial charge in [0.15, 0.2) is 0 Å². The third-order valence-corrected chi connectivity index (χ3v) is 5.12. The predicted molar refractivity (Wildman–Crippen MR) is 79.4 cm³/mol. The van der Waals surface area contributed by atoms with Crippen molar-refractivity contribution in [1.29, 1.82) is 0 Å². The quantitative estimate of drug-likeness (QED) is 0.899. The highest BCUT2D eigenvalue weighted by Crippen LogP contribution is 2.23. The van der Waals surface area contributed by atoms with E-state index in [1.807, 2.05) is 6.92 Å². The van der Waals surface area contributed by atoms with Gasteiger partial charge in [-0.25, -0.2) is 12.7 Å². The lowest BCUT2D eigenvalue weighted by Crippen LogP contribution is -2.26. The number of aryl methyl sites for hydroxylation is 1. The van der Waals surface area contributed by atoms with Crippen molar-refractivity contribution in [3.63, 3.8) is 0 Å². The average molecular weight is 298 g/mol. The lowest BCUT2D eigenvalue weighted by molar-refractivity contribution is 0.0953. The van der Waals surface area contributed by atoms with Crippen molar-refractivity contribution in [1.82, 2.24) is 9.62 Å². The molecule has 1 N–H and O–H groups in total. The van der Waals surface area contributed by atoms with Crippen LogP contribution in [0.5, 0.6) is 0 Å². The molecule has 1 aromatic carbocycles. The van der Waals surface area contributed by atoms with Crippen LogP contribution in [0, 0.1) is 13.8 Å². The molecule has 20 heavy (non-hydrogen) atoms. The molecular formula is C14H22N2O3S. The van der Waals surface area contributed by atoms with Crippen LogP contribution in [-0.4, -0.2) is 39.3 Å². The molecule has 1 aromatic rings. The first-order chi connectivity index (χ1) is 9.21. The summed E-state index contributed by atoms with van der Waals surface area (Å²) in [5.41, 5.74) is 1.84. The molecule has 0 unspecified atom stereocenters. The molecule has 0 bridgehead atoms. The van der Waals surface area contributed by atoms with E-state index in [0.29, 0.717) is 17.7 Å². The van der Waals surface area contributed by atoms with Crippen LogP contribution in [0.2, 0.25) is 0 Å². The number of rotatable bonds is 5. The Bertz CT molecular complexity index is 607. The van der Waals surface area contributed by atoms with Crippen molar-refractivity contribution in [2.24, 2.45) is 0 Å². The van der Waals surface area contributed by atoms with Gasteiger partial charge < -0.3 is 5.32 Å². The Hall–Kier alpha value is -1.40. The van der Waals surface area contributed by atoms with Gasteiger partial charge >= 0.3 is 0 Å². The van der Waals surface area contributed by atoms with Gasteiger partial charge in [0.1, 0.15) is 0 Å². The zero-order chi connectivity index (χ0) is 15.5. The summed E-state index contributed by atoms with van der Waals surface area (Å²) in [7, 11) is -0.593. The van der Waals surface area contributed by atoms with E-state index < -0.39 is 10.0 Å². The Morgan fingerprint density at radius 1 is 1.25 bits per heavy atom. The summed E-state index contributed by atoms with van der Waals surface area (Å²) in [5, 5.41) is 2.76. The largest absolute Gasteiger partial charge is 0.352 e. The van der Waals surface area contributed by atoms with E-state index in [9.17, 15) is 13.2 Å². The van der Waals surface area contributed by atoms with E-state index >= 15 is 0 Å². The standard InChI is InChI=1S/C14H22N2O3S/c1-6-7-15-14(17)12-8-10(2)11(3)13(9-12)20(18,19)16(4)5/h8-9H,6-7H2,1-5H3,(H,15,17). The van der Waals surface area contributed by atoms with Crippen LogP contribution in [0.15, 0.2) is 17.0 Å². The monoisotopic (exact) mass is 298 g/mol. The van der Waals surface area contributed by atoms with Crippen LogP contribution >= 0.6 is 0 Å². The molecule has 1 rings (SSSR count). The molecule has 0 atom stereocenters.